The second-order valence-corrected chi connectivity index (χ2v) is 7.07. The summed E-state index contributed by atoms with van der Waals surface area (Å²) in [7, 11) is 0. The van der Waals surface area contributed by atoms with Crippen LogP contribution < -0.4 is 5.32 Å². The van der Waals surface area contributed by atoms with Crippen LogP contribution in [0.1, 0.15) is 69.7 Å². The number of hydrogen-bond donors (Lipinski definition) is 1. The Morgan fingerprint density at radius 1 is 1.40 bits per heavy atom. The van der Waals surface area contributed by atoms with Gasteiger partial charge in [-0.25, -0.2) is 4.98 Å². The van der Waals surface area contributed by atoms with Crippen molar-refractivity contribution in [2.24, 2.45) is 0 Å². The lowest BCUT2D eigenvalue weighted by molar-refractivity contribution is -0.0698. The van der Waals surface area contributed by atoms with E-state index in [4.69, 9.17) is 9.72 Å². The van der Waals surface area contributed by atoms with Gasteiger partial charge in [0.05, 0.1) is 11.3 Å². The van der Waals surface area contributed by atoms with Crippen molar-refractivity contribution in [1.29, 1.82) is 0 Å². The minimum Gasteiger partial charge on any atom is -0.375 e. The van der Waals surface area contributed by atoms with Crippen molar-refractivity contribution in [3.05, 3.63) is 17.2 Å². The average Bonchev–Trinajstić information content (AvgIpc) is 2.77. The molecule has 0 spiro atoms. The SMILES string of the molecule is CC(C)c1nc2c(n1C1CCOC(C)(C)C1)CCNC2. The highest BCUT2D eigenvalue weighted by Crippen LogP contribution is 2.36. The molecule has 1 aromatic rings. The Bertz CT molecular complexity index is 490. The van der Waals surface area contributed by atoms with Gasteiger partial charge in [-0.15, -0.1) is 0 Å². The van der Waals surface area contributed by atoms with Crippen LogP contribution in [0.4, 0.5) is 0 Å². The van der Waals surface area contributed by atoms with Gasteiger partial charge in [0.1, 0.15) is 5.82 Å². The Kier molecular flexibility index (Phi) is 3.63. The van der Waals surface area contributed by atoms with E-state index in [0.717, 1.165) is 39.0 Å². The van der Waals surface area contributed by atoms with Crippen molar-refractivity contribution in [3.63, 3.8) is 0 Å². The third kappa shape index (κ3) is 2.51. The summed E-state index contributed by atoms with van der Waals surface area (Å²) in [5.74, 6) is 1.74. The van der Waals surface area contributed by atoms with E-state index in [-0.39, 0.29) is 5.60 Å². The monoisotopic (exact) mass is 277 g/mol. The lowest BCUT2D eigenvalue weighted by Gasteiger charge is -2.38. The van der Waals surface area contributed by atoms with Gasteiger partial charge in [-0.3, -0.25) is 0 Å². The average molecular weight is 277 g/mol. The standard InChI is InChI=1S/C16H27N3O/c1-11(2)15-18-13-10-17-7-5-14(13)19(15)12-6-8-20-16(3,4)9-12/h11-12,17H,5-10H2,1-4H3. The molecule has 4 nitrogen and oxygen atoms in total. The summed E-state index contributed by atoms with van der Waals surface area (Å²) in [6.45, 7) is 11.8. The number of rotatable bonds is 2. The molecule has 0 radical (unpaired) electrons. The van der Waals surface area contributed by atoms with Gasteiger partial charge in [-0.1, -0.05) is 13.8 Å². The molecular weight excluding hydrogens is 250 g/mol. The Labute approximate surface area is 121 Å². The van der Waals surface area contributed by atoms with Crippen molar-refractivity contribution in [1.82, 2.24) is 14.9 Å². The van der Waals surface area contributed by atoms with Gasteiger partial charge in [-0.05, 0) is 26.7 Å². The minimum absolute atomic E-state index is 0.0127. The van der Waals surface area contributed by atoms with Crippen LogP contribution in [0.25, 0.3) is 0 Å². The lowest BCUT2D eigenvalue weighted by Crippen LogP contribution is -2.36. The number of nitrogens with one attached hydrogen (secondary N) is 1. The maximum Gasteiger partial charge on any atom is 0.112 e. The first-order valence-electron chi connectivity index (χ1n) is 7.92. The first-order valence-corrected chi connectivity index (χ1v) is 7.92. The smallest absolute Gasteiger partial charge is 0.112 e. The molecule has 1 atom stereocenters. The fraction of sp³-hybridized carbons (Fsp3) is 0.812. The van der Waals surface area contributed by atoms with Gasteiger partial charge < -0.3 is 14.6 Å². The van der Waals surface area contributed by atoms with E-state index in [9.17, 15) is 0 Å². The van der Waals surface area contributed by atoms with Gasteiger partial charge in [0, 0.05) is 43.8 Å². The fourth-order valence-electron chi connectivity index (χ4n) is 3.59. The number of aromatic nitrogens is 2. The van der Waals surface area contributed by atoms with Crippen molar-refractivity contribution < 1.29 is 4.74 Å². The van der Waals surface area contributed by atoms with Gasteiger partial charge in [-0.2, -0.15) is 0 Å². The molecule has 1 N–H and O–H groups in total. The van der Waals surface area contributed by atoms with Crippen LogP contribution in [0.5, 0.6) is 0 Å². The van der Waals surface area contributed by atoms with E-state index in [2.05, 4.69) is 37.6 Å². The summed E-state index contributed by atoms with van der Waals surface area (Å²) in [5.41, 5.74) is 2.72. The highest BCUT2D eigenvalue weighted by atomic mass is 16.5. The molecule has 0 aliphatic carbocycles. The second-order valence-electron chi connectivity index (χ2n) is 7.07. The molecular formula is C16H27N3O. The Morgan fingerprint density at radius 2 is 2.20 bits per heavy atom. The van der Waals surface area contributed by atoms with Gasteiger partial charge in [0.2, 0.25) is 0 Å². The molecule has 20 heavy (non-hydrogen) atoms. The summed E-state index contributed by atoms with van der Waals surface area (Å²) in [6.07, 6.45) is 3.30. The van der Waals surface area contributed by atoms with Crippen LogP contribution in [0.15, 0.2) is 0 Å². The Balaban J connectivity index is 2.00. The number of imidazole rings is 1. The fourth-order valence-corrected chi connectivity index (χ4v) is 3.59. The largest absolute Gasteiger partial charge is 0.375 e. The quantitative estimate of drug-likeness (QED) is 0.903. The molecule has 3 rings (SSSR count). The van der Waals surface area contributed by atoms with E-state index >= 15 is 0 Å². The molecule has 1 aromatic heterocycles. The van der Waals surface area contributed by atoms with Gasteiger partial charge >= 0.3 is 0 Å². The molecule has 0 aromatic carbocycles. The zero-order valence-corrected chi connectivity index (χ0v) is 13.2. The second kappa shape index (κ2) is 5.15. The van der Waals surface area contributed by atoms with E-state index in [1.165, 1.54) is 17.2 Å². The molecule has 0 saturated carbocycles. The van der Waals surface area contributed by atoms with Crippen LogP contribution in [-0.4, -0.2) is 28.3 Å². The molecule has 2 aliphatic heterocycles. The molecule has 0 bridgehead atoms. The maximum absolute atomic E-state index is 5.89. The van der Waals surface area contributed by atoms with E-state index < -0.39 is 0 Å². The molecule has 2 aliphatic rings. The van der Waals surface area contributed by atoms with E-state index in [0.29, 0.717) is 12.0 Å². The molecule has 1 fully saturated rings. The molecule has 4 heteroatoms. The highest BCUT2D eigenvalue weighted by Gasteiger charge is 2.33. The van der Waals surface area contributed by atoms with Crippen molar-refractivity contribution >= 4 is 0 Å². The Morgan fingerprint density at radius 3 is 2.90 bits per heavy atom. The number of fused-ring (bicyclic) bond motifs is 1. The van der Waals surface area contributed by atoms with Crippen LogP contribution in [0.3, 0.4) is 0 Å². The highest BCUT2D eigenvalue weighted by molar-refractivity contribution is 5.23. The van der Waals surface area contributed by atoms with Crippen molar-refractivity contribution in [3.8, 4) is 0 Å². The van der Waals surface area contributed by atoms with Crippen LogP contribution >= 0.6 is 0 Å². The van der Waals surface area contributed by atoms with Crippen LogP contribution in [0.2, 0.25) is 0 Å². The molecule has 3 heterocycles. The van der Waals surface area contributed by atoms with E-state index in [1.54, 1.807) is 0 Å². The van der Waals surface area contributed by atoms with Gasteiger partial charge in [0.15, 0.2) is 0 Å². The third-order valence-corrected chi connectivity index (χ3v) is 4.50. The van der Waals surface area contributed by atoms with Crippen molar-refractivity contribution in [2.75, 3.05) is 13.2 Å². The lowest BCUT2D eigenvalue weighted by atomic mass is 9.93. The Hall–Kier alpha value is -0.870. The zero-order chi connectivity index (χ0) is 14.3. The molecule has 1 unspecified atom stereocenters. The summed E-state index contributed by atoms with van der Waals surface area (Å²) in [4.78, 5) is 4.93. The first kappa shape index (κ1) is 14.1. The summed E-state index contributed by atoms with van der Waals surface area (Å²) in [5, 5.41) is 3.44. The summed E-state index contributed by atoms with van der Waals surface area (Å²) in [6, 6.07) is 0.547. The molecule has 112 valence electrons. The van der Waals surface area contributed by atoms with E-state index in [1.807, 2.05) is 0 Å². The predicted molar refractivity (Wildman–Crippen MR) is 80.0 cm³/mol. The third-order valence-electron chi connectivity index (χ3n) is 4.50. The predicted octanol–water partition coefficient (Wildman–Crippen LogP) is 2.78. The van der Waals surface area contributed by atoms with Gasteiger partial charge in [0.25, 0.3) is 0 Å². The number of nitrogens with zero attached hydrogens (tertiary/aromatic N) is 2. The normalized spacial score (nSPS) is 25.8. The van der Waals surface area contributed by atoms with Crippen LogP contribution in [-0.2, 0) is 17.7 Å². The number of hydrogen-bond acceptors (Lipinski definition) is 3. The zero-order valence-electron chi connectivity index (χ0n) is 13.2. The van der Waals surface area contributed by atoms with Crippen molar-refractivity contribution in [2.45, 2.75) is 71.1 Å². The topological polar surface area (TPSA) is 39.1 Å². The number of ether oxygens (including phenoxy) is 1. The first-order chi connectivity index (χ1) is 9.48. The summed E-state index contributed by atoms with van der Waals surface area (Å²) < 4.78 is 8.45. The molecule has 0 amide bonds. The maximum atomic E-state index is 5.89. The van der Waals surface area contributed by atoms with Crippen LogP contribution in [0, 0.1) is 0 Å². The minimum atomic E-state index is -0.0127. The summed E-state index contributed by atoms with van der Waals surface area (Å²) >= 11 is 0. The molecule has 1 saturated heterocycles.